The van der Waals surface area contributed by atoms with Crippen LogP contribution in [0.25, 0.3) is 10.8 Å². The molecular formula is C16H10FN3O2. The van der Waals surface area contributed by atoms with Crippen molar-refractivity contribution in [2.75, 3.05) is 5.43 Å². The number of fused-ring (bicyclic) bond motifs is 1. The first-order chi connectivity index (χ1) is 10.6. The Balaban J connectivity index is 2.24. The van der Waals surface area contributed by atoms with Crippen LogP contribution >= 0.6 is 0 Å². The summed E-state index contributed by atoms with van der Waals surface area (Å²) in [5, 5.41) is 12.1. The second kappa shape index (κ2) is 5.33. The molecule has 6 heteroatoms. The molecule has 0 aliphatic carbocycles. The van der Waals surface area contributed by atoms with E-state index in [1.807, 2.05) is 0 Å². The summed E-state index contributed by atoms with van der Waals surface area (Å²) in [5.74, 6) is -0.380. The zero-order chi connectivity index (χ0) is 15.7. The molecule has 0 heterocycles. The Kier molecular flexibility index (Phi) is 3.34. The van der Waals surface area contributed by atoms with E-state index in [0.29, 0.717) is 11.1 Å². The number of benzene rings is 3. The Morgan fingerprint density at radius 1 is 0.909 bits per heavy atom. The zero-order valence-corrected chi connectivity index (χ0v) is 11.3. The topological polar surface area (TPSA) is 82.4 Å². The van der Waals surface area contributed by atoms with Crippen molar-refractivity contribution in [2.45, 2.75) is 0 Å². The first kappa shape index (κ1) is 13.8. The number of halogens is 1. The van der Waals surface area contributed by atoms with Gasteiger partial charge in [0.1, 0.15) is 16.5 Å². The van der Waals surface area contributed by atoms with E-state index < -0.39 is 16.2 Å². The monoisotopic (exact) mass is 295 g/mol. The van der Waals surface area contributed by atoms with E-state index in [1.54, 1.807) is 18.2 Å². The highest BCUT2D eigenvalue weighted by Gasteiger charge is 2.08. The molecule has 0 aromatic heterocycles. The van der Waals surface area contributed by atoms with Gasteiger partial charge >= 0.3 is 0 Å². The molecule has 0 spiro atoms. The summed E-state index contributed by atoms with van der Waals surface area (Å²) in [6, 6.07) is 12.0. The van der Waals surface area contributed by atoms with Gasteiger partial charge in [-0.1, -0.05) is 24.3 Å². The van der Waals surface area contributed by atoms with Gasteiger partial charge in [0.15, 0.2) is 0 Å². The predicted molar refractivity (Wildman–Crippen MR) is 80.3 cm³/mol. The minimum absolute atomic E-state index is 0.0875. The van der Waals surface area contributed by atoms with Crippen LogP contribution in [0.3, 0.4) is 0 Å². The second-order valence-corrected chi connectivity index (χ2v) is 4.66. The van der Waals surface area contributed by atoms with Crippen LogP contribution < -0.4 is 27.0 Å². The summed E-state index contributed by atoms with van der Waals surface area (Å²) in [7, 11) is 0. The maximum absolute atomic E-state index is 12.9. The Bertz CT molecular complexity index is 1070. The summed E-state index contributed by atoms with van der Waals surface area (Å²) < 4.78 is 12.9. The van der Waals surface area contributed by atoms with Gasteiger partial charge in [0.2, 0.25) is 5.43 Å². The molecule has 0 unspecified atom stereocenters. The van der Waals surface area contributed by atoms with E-state index >= 15 is 0 Å². The van der Waals surface area contributed by atoms with Crippen LogP contribution in [0.1, 0.15) is 0 Å². The zero-order valence-electron chi connectivity index (χ0n) is 11.3. The van der Waals surface area contributed by atoms with E-state index in [1.165, 1.54) is 30.3 Å². The van der Waals surface area contributed by atoms with Crippen LogP contribution in [-0.4, -0.2) is 0 Å². The van der Waals surface area contributed by atoms with E-state index in [9.17, 15) is 14.0 Å². The van der Waals surface area contributed by atoms with Gasteiger partial charge in [0, 0.05) is 10.8 Å². The van der Waals surface area contributed by atoms with Gasteiger partial charge in [-0.25, -0.2) is 4.39 Å². The van der Waals surface area contributed by atoms with Gasteiger partial charge in [-0.3, -0.25) is 20.4 Å². The van der Waals surface area contributed by atoms with E-state index in [-0.39, 0.29) is 16.6 Å². The molecule has 0 atom stereocenters. The molecular weight excluding hydrogens is 285 g/mol. The van der Waals surface area contributed by atoms with Gasteiger partial charge in [-0.05, 0) is 24.3 Å². The van der Waals surface area contributed by atoms with Gasteiger partial charge in [0.05, 0.1) is 5.69 Å². The quantitative estimate of drug-likeness (QED) is 0.546. The van der Waals surface area contributed by atoms with Crippen molar-refractivity contribution in [2.24, 2.45) is 5.10 Å². The van der Waals surface area contributed by atoms with Crippen molar-refractivity contribution in [3.05, 3.63) is 85.5 Å². The largest absolute Gasteiger partial charge is 0.295 e. The van der Waals surface area contributed by atoms with Crippen molar-refractivity contribution in [1.29, 1.82) is 5.41 Å². The van der Waals surface area contributed by atoms with Gasteiger partial charge < -0.3 is 0 Å². The molecule has 0 saturated heterocycles. The van der Waals surface area contributed by atoms with Crippen molar-refractivity contribution >= 4 is 16.5 Å². The first-order valence-electron chi connectivity index (χ1n) is 6.44. The fraction of sp³-hybridized carbons (Fsp3) is 0. The molecule has 0 radical (unpaired) electrons. The molecule has 3 rings (SSSR count). The Labute approximate surface area is 123 Å². The van der Waals surface area contributed by atoms with Crippen molar-refractivity contribution in [3.63, 3.8) is 0 Å². The van der Waals surface area contributed by atoms with Crippen molar-refractivity contribution in [3.8, 4) is 0 Å². The molecule has 0 bridgehead atoms. The van der Waals surface area contributed by atoms with Crippen molar-refractivity contribution in [1.82, 2.24) is 0 Å². The lowest BCUT2D eigenvalue weighted by molar-refractivity contribution is 0.628. The van der Waals surface area contributed by atoms with E-state index in [4.69, 9.17) is 5.41 Å². The smallest absolute Gasteiger partial charge is 0.253 e. The molecule has 3 aromatic carbocycles. The highest BCUT2D eigenvalue weighted by atomic mass is 19.1. The Hall–Kier alpha value is -3.15. The number of rotatable bonds is 2. The minimum Gasteiger partial charge on any atom is -0.295 e. The molecule has 0 aliphatic rings. The highest BCUT2D eigenvalue weighted by molar-refractivity contribution is 5.81. The lowest BCUT2D eigenvalue weighted by Crippen LogP contribution is -2.47. The lowest BCUT2D eigenvalue weighted by atomic mass is 10.1. The normalized spacial score (nSPS) is 11.8. The molecule has 0 fully saturated rings. The molecule has 3 aromatic rings. The first-order valence-corrected chi connectivity index (χ1v) is 6.44. The fourth-order valence-corrected chi connectivity index (χ4v) is 2.13. The van der Waals surface area contributed by atoms with Gasteiger partial charge in [-0.2, -0.15) is 5.10 Å². The van der Waals surface area contributed by atoms with Gasteiger partial charge in [-0.15, -0.1) is 0 Å². The average molecular weight is 295 g/mol. The van der Waals surface area contributed by atoms with Gasteiger partial charge in [0.25, 0.3) is 5.43 Å². The summed E-state index contributed by atoms with van der Waals surface area (Å²) in [6.07, 6.45) is 0. The number of nitrogens with one attached hydrogen (secondary N) is 2. The third kappa shape index (κ3) is 2.31. The lowest BCUT2D eigenvalue weighted by Gasteiger charge is -2.00. The molecule has 0 saturated carbocycles. The molecule has 0 aliphatic heterocycles. The molecule has 22 heavy (non-hydrogen) atoms. The molecule has 108 valence electrons. The maximum Gasteiger partial charge on any atom is 0.253 e. The summed E-state index contributed by atoms with van der Waals surface area (Å²) >= 11 is 0. The summed E-state index contributed by atoms with van der Waals surface area (Å²) in [6.45, 7) is 0. The predicted octanol–water partition coefficient (Wildman–Crippen LogP) is 0.982. The third-order valence-electron chi connectivity index (χ3n) is 3.24. The van der Waals surface area contributed by atoms with E-state index in [2.05, 4.69) is 10.5 Å². The number of nitrogens with zero attached hydrogens (tertiary/aromatic N) is 1. The second-order valence-electron chi connectivity index (χ2n) is 4.66. The maximum atomic E-state index is 12.9. The standard InChI is InChI=1S/C16H10FN3O2/c17-9-5-7-10(8-6-9)19-20-14-11-3-1-2-4-12(11)15(21)16(22)13(14)18/h1-8,18-19H/b18-13?,20-14-. The van der Waals surface area contributed by atoms with Crippen LogP contribution in [0.5, 0.6) is 0 Å². The molecule has 2 N–H and O–H groups in total. The molecule has 5 nitrogen and oxygen atoms in total. The van der Waals surface area contributed by atoms with Crippen LogP contribution in [0.4, 0.5) is 10.1 Å². The van der Waals surface area contributed by atoms with Crippen molar-refractivity contribution < 1.29 is 4.39 Å². The summed E-state index contributed by atoms with van der Waals surface area (Å²) in [4.78, 5) is 23.7. The highest BCUT2D eigenvalue weighted by Crippen LogP contribution is 2.07. The number of hydrogen-bond donors (Lipinski definition) is 2. The van der Waals surface area contributed by atoms with Crippen LogP contribution in [-0.2, 0) is 0 Å². The third-order valence-corrected chi connectivity index (χ3v) is 3.24. The number of anilines is 1. The summed E-state index contributed by atoms with van der Waals surface area (Å²) in [5.41, 5.74) is 1.57. The Morgan fingerprint density at radius 3 is 2.23 bits per heavy atom. The number of hydrogen-bond acceptors (Lipinski definition) is 5. The minimum atomic E-state index is -0.890. The SMILES string of the molecule is N=c1c(=O)c(=O)c2ccccc2/c1=N/Nc1ccc(F)cc1. The Morgan fingerprint density at radius 2 is 1.55 bits per heavy atom. The van der Waals surface area contributed by atoms with Crippen LogP contribution in [0.2, 0.25) is 0 Å². The molecule has 0 amide bonds. The average Bonchev–Trinajstić information content (AvgIpc) is 2.54. The van der Waals surface area contributed by atoms with Crippen LogP contribution in [0.15, 0.2) is 63.2 Å². The van der Waals surface area contributed by atoms with Crippen LogP contribution in [0, 0.1) is 11.2 Å². The van der Waals surface area contributed by atoms with E-state index in [0.717, 1.165) is 0 Å². The fourth-order valence-electron chi connectivity index (χ4n) is 2.13.